The van der Waals surface area contributed by atoms with Gasteiger partial charge in [0.05, 0.1) is 12.5 Å². The van der Waals surface area contributed by atoms with Crippen LogP contribution in [0.2, 0.25) is 0 Å². The second kappa shape index (κ2) is 5.85. The molecule has 2 aliphatic rings. The Hall–Kier alpha value is -1.88. The predicted octanol–water partition coefficient (Wildman–Crippen LogP) is 2.16. The Morgan fingerprint density at radius 1 is 1.29 bits per heavy atom. The predicted molar refractivity (Wildman–Crippen MR) is 77.4 cm³/mol. The first kappa shape index (κ1) is 14.1. The standard InChI is InChI=1S/C16H19NO4/c18-15(9-11-5-3-4-8-21-11)17-10-13(16(19)20)12-6-1-2-7-14(12)17/h1-2,6-7,11,13H,3-5,8-10H2,(H,19,20)/t11-,13+/m1/s1. The third kappa shape index (κ3) is 2.78. The first-order valence-corrected chi connectivity index (χ1v) is 7.40. The lowest BCUT2D eigenvalue weighted by Crippen LogP contribution is -2.35. The summed E-state index contributed by atoms with van der Waals surface area (Å²) in [4.78, 5) is 25.5. The van der Waals surface area contributed by atoms with E-state index in [-0.39, 0.29) is 18.6 Å². The van der Waals surface area contributed by atoms with E-state index in [4.69, 9.17) is 4.74 Å². The van der Waals surface area contributed by atoms with Crippen LogP contribution in [0.25, 0.3) is 0 Å². The normalized spacial score (nSPS) is 24.7. The van der Waals surface area contributed by atoms with Gasteiger partial charge >= 0.3 is 5.97 Å². The van der Waals surface area contributed by atoms with E-state index in [1.165, 1.54) is 0 Å². The van der Waals surface area contributed by atoms with Gasteiger partial charge in [0.25, 0.3) is 0 Å². The molecule has 1 aromatic carbocycles. The Balaban J connectivity index is 1.76. The summed E-state index contributed by atoms with van der Waals surface area (Å²) >= 11 is 0. The van der Waals surface area contributed by atoms with Gasteiger partial charge in [0, 0.05) is 18.8 Å². The molecule has 1 aromatic rings. The number of ether oxygens (including phenoxy) is 1. The summed E-state index contributed by atoms with van der Waals surface area (Å²) in [5, 5.41) is 9.32. The highest BCUT2D eigenvalue weighted by Gasteiger charge is 2.36. The van der Waals surface area contributed by atoms with Crippen LogP contribution in [0.1, 0.15) is 37.2 Å². The minimum Gasteiger partial charge on any atom is -0.481 e. The molecule has 1 saturated heterocycles. The fraction of sp³-hybridized carbons (Fsp3) is 0.500. The smallest absolute Gasteiger partial charge is 0.312 e. The highest BCUT2D eigenvalue weighted by atomic mass is 16.5. The van der Waals surface area contributed by atoms with E-state index in [0.29, 0.717) is 13.0 Å². The molecule has 3 rings (SSSR count). The average molecular weight is 289 g/mol. The van der Waals surface area contributed by atoms with Gasteiger partial charge in [-0.1, -0.05) is 18.2 Å². The van der Waals surface area contributed by atoms with E-state index in [9.17, 15) is 14.7 Å². The number of anilines is 1. The molecule has 5 nitrogen and oxygen atoms in total. The first-order chi connectivity index (χ1) is 10.2. The van der Waals surface area contributed by atoms with E-state index in [0.717, 1.165) is 30.5 Å². The second-order valence-corrected chi connectivity index (χ2v) is 5.65. The molecular formula is C16H19NO4. The van der Waals surface area contributed by atoms with Crippen LogP contribution in [0.5, 0.6) is 0 Å². The molecule has 0 unspecified atom stereocenters. The fourth-order valence-electron chi connectivity index (χ4n) is 3.13. The molecule has 0 radical (unpaired) electrons. The van der Waals surface area contributed by atoms with Crippen LogP contribution in [0.15, 0.2) is 24.3 Å². The van der Waals surface area contributed by atoms with Crippen LogP contribution in [-0.4, -0.2) is 36.2 Å². The number of rotatable bonds is 3. The van der Waals surface area contributed by atoms with Gasteiger partial charge in [0.2, 0.25) is 5.91 Å². The number of carboxylic acid groups (broad SMARTS) is 1. The number of hydrogen-bond donors (Lipinski definition) is 1. The van der Waals surface area contributed by atoms with Gasteiger partial charge in [-0.15, -0.1) is 0 Å². The number of nitrogens with zero attached hydrogens (tertiary/aromatic N) is 1. The van der Waals surface area contributed by atoms with Crippen LogP contribution in [0.3, 0.4) is 0 Å². The van der Waals surface area contributed by atoms with Crippen molar-refractivity contribution in [3.8, 4) is 0 Å². The van der Waals surface area contributed by atoms with Crippen LogP contribution in [0, 0.1) is 0 Å². The minimum atomic E-state index is -0.883. The molecular weight excluding hydrogens is 270 g/mol. The van der Waals surface area contributed by atoms with E-state index >= 15 is 0 Å². The molecule has 0 aliphatic carbocycles. The summed E-state index contributed by atoms with van der Waals surface area (Å²) in [6.45, 7) is 0.937. The summed E-state index contributed by atoms with van der Waals surface area (Å²) in [7, 11) is 0. The number of carbonyl (C=O) groups is 2. The number of amides is 1. The Labute approximate surface area is 123 Å². The summed E-state index contributed by atoms with van der Waals surface area (Å²) in [5.41, 5.74) is 1.45. The third-order valence-electron chi connectivity index (χ3n) is 4.24. The maximum Gasteiger partial charge on any atom is 0.312 e. The van der Waals surface area contributed by atoms with Crippen molar-refractivity contribution in [1.82, 2.24) is 0 Å². The largest absolute Gasteiger partial charge is 0.481 e. The number of benzene rings is 1. The van der Waals surface area contributed by atoms with Crippen molar-refractivity contribution in [1.29, 1.82) is 0 Å². The average Bonchev–Trinajstić information content (AvgIpc) is 2.88. The maximum absolute atomic E-state index is 12.5. The van der Waals surface area contributed by atoms with Crippen molar-refractivity contribution in [2.75, 3.05) is 18.1 Å². The van der Waals surface area contributed by atoms with Gasteiger partial charge in [-0.05, 0) is 30.9 Å². The second-order valence-electron chi connectivity index (χ2n) is 5.65. The topological polar surface area (TPSA) is 66.8 Å². The lowest BCUT2D eigenvalue weighted by molar-refractivity contribution is -0.138. The summed E-state index contributed by atoms with van der Waals surface area (Å²) < 4.78 is 5.61. The molecule has 0 bridgehead atoms. The van der Waals surface area contributed by atoms with E-state index in [1.807, 2.05) is 18.2 Å². The Morgan fingerprint density at radius 2 is 2.10 bits per heavy atom. The third-order valence-corrected chi connectivity index (χ3v) is 4.24. The molecule has 5 heteroatoms. The Bertz CT molecular complexity index is 551. The summed E-state index contributed by atoms with van der Waals surface area (Å²) in [5.74, 6) is -1.55. The lowest BCUT2D eigenvalue weighted by Gasteiger charge is -2.25. The van der Waals surface area contributed by atoms with Gasteiger partial charge in [-0.3, -0.25) is 9.59 Å². The molecule has 2 atom stereocenters. The molecule has 112 valence electrons. The van der Waals surface area contributed by atoms with Crippen molar-refractivity contribution in [3.05, 3.63) is 29.8 Å². The molecule has 1 fully saturated rings. The minimum absolute atomic E-state index is 0.0257. The monoisotopic (exact) mass is 289 g/mol. The summed E-state index contributed by atoms with van der Waals surface area (Å²) in [6, 6.07) is 7.25. The van der Waals surface area contributed by atoms with Gasteiger partial charge < -0.3 is 14.7 Å². The van der Waals surface area contributed by atoms with Gasteiger partial charge in [-0.25, -0.2) is 0 Å². The lowest BCUT2D eigenvalue weighted by atomic mass is 10.0. The highest BCUT2D eigenvalue weighted by Crippen LogP contribution is 2.36. The molecule has 2 heterocycles. The number of hydrogen-bond acceptors (Lipinski definition) is 3. The Kier molecular flexibility index (Phi) is 3.92. The van der Waals surface area contributed by atoms with Gasteiger partial charge in [0.1, 0.15) is 5.92 Å². The number of carbonyl (C=O) groups excluding carboxylic acids is 1. The van der Waals surface area contributed by atoms with Gasteiger partial charge in [0.15, 0.2) is 0 Å². The molecule has 0 aromatic heterocycles. The first-order valence-electron chi connectivity index (χ1n) is 7.40. The van der Waals surface area contributed by atoms with Crippen LogP contribution >= 0.6 is 0 Å². The zero-order chi connectivity index (χ0) is 14.8. The Morgan fingerprint density at radius 3 is 2.81 bits per heavy atom. The molecule has 1 amide bonds. The van der Waals surface area contributed by atoms with E-state index in [1.54, 1.807) is 11.0 Å². The molecule has 21 heavy (non-hydrogen) atoms. The highest BCUT2D eigenvalue weighted by molar-refractivity contribution is 5.99. The number of aliphatic carboxylic acids is 1. The maximum atomic E-state index is 12.5. The van der Waals surface area contributed by atoms with E-state index in [2.05, 4.69) is 0 Å². The molecule has 1 N–H and O–H groups in total. The molecule has 2 aliphatic heterocycles. The zero-order valence-electron chi connectivity index (χ0n) is 11.8. The SMILES string of the molecule is O=C(O)[C@H]1CN(C(=O)C[C@H]2CCCCO2)c2ccccc21. The van der Waals surface area contributed by atoms with Crippen molar-refractivity contribution in [3.63, 3.8) is 0 Å². The van der Waals surface area contributed by atoms with Crippen molar-refractivity contribution >= 4 is 17.6 Å². The van der Waals surface area contributed by atoms with Crippen molar-refractivity contribution < 1.29 is 19.4 Å². The van der Waals surface area contributed by atoms with Crippen molar-refractivity contribution in [2.24, 2.45) is 0 Å². The quantitative estimate of drug-likeness (QED) is 0.926. The van der Waals surface area contributed by atoms with E-state index < -0.39 is 11.9 Å². The summed E-state index contributed by atoms with van der Waals surface area (Å²) in [6.07, 6.45) is 3.36. The van der Waals surface area contributed by atoms with Crippen LogP contribution < -0.4 is 4.90 Å². The zero-order valence-corrected chi connectivity index (χ0v) is 11.8. The molecule has 0 spiro atoms. The van der Waals surface area contributed by atoms with Crippen molar-refractivity contribution in [2.45, 2.75) is 37.7 Å². The fourth-order valence-corrected chi connectivity index (χ4v) is 3.13. The molecule has 0 saturated carbocycles. The number of carboxylic acids is 1. The van der Waals surface area contributed by atoms with Crippen LogP contribution in [-0.2, 0) is 14.3 Å². The number of para-hydroxylation sites is 1. The van der Waals surface area contributed by atoms with Gasteiger partial charge in [-0.2, -0.15) is 0 Å². The van der Waals surface area contributed by atoms with Crippen LogP contribution in [0.4, 0.5) is 5.69 Å². The number of fused-ring (bicyclic) bond motifs is 1.